The molecule has 144 valence electrons. The van der Waals surface area contributed by atoms with Crippen molar-refractivity contribution in [1.29, 1.82) is 0 Å². The van der Waals surface area contributed by atoms with Gasteiger partial charge in [-0.3, -0.25) is 20.4 Å². The lowest BCUT2D eigenvalue weighted by atomic mass is 10.2. The quantitative estimate of drug-likeness (QED) is 0.480. The van der Waals surface area contributed by atoms with Gasteiger partial charge in [0.05, 0.1) is 23.3 Å². The molecule has 0 fully saturated rings. The second-order valence-electron chi connectivity index (χ2n) is 5.13. The molecular weight excluding hydrogens is 397 g/mol. The highest BCUT2D eigenvalue weighted by molar-refractivity contribution is 8.00. The molecule has 0 atom stereocenters. The molecule has 0 aliphatic heterocycles. The predicted molar refractivity (Wildman–Crippen MR) is 97.1 cm³/mol. The third-order valence-electron chi connectivity index (χ3n) is 3.25. The van der Waals surface area contributed by atoms with Crippen molar-refractivity contribution in [2.75, 3.05) is 12.9 Å². The maximum absolute atomic E-state index is 13.5. The number of benzene rings is 2. The number of primary sulfonamides is 1. The maximum atomic E-state index is 13.5. The lowest BCUT2D eigenvalue weighted by Gasteiger charge is -2.11. The molecule has 8 nitrogen and oxygen atoms in total. The first kappa shape index (κ1) is 20.7. The van der Waals surface area contributed by atoms with Crippen LogP contribution >= 0.6 is 11.8 Å². The van der Waals surface area contributed by atoms with E-state index in [1.165, 1.54) is 37.4 Å². The summed E-state index contributed by atoms with van der Waals surface area (Å²) in [7, 11) is -2.72. The van der Waals surface area contributed by atoms with Crippen LogP contribution in [0.15, 0.2) is 52.3 Å². The van der Waals surface area contributed by atoms with E-state index in [1.807, 2.05) is 0 Å². The van der Waals surface area contributed by atoms with Gasteiger partial charge in [0.15, 0.2) is 0 Å². The number of nitrogens with two attached hydrogens (primary N) is 1. The van der Waals surface area contributed by atoms with E-state index >= 15 is 0 Å². The predicted octanol–water partition coefficient (Wildman–Crippen LogP) is 1.04. The summed E-state index contributed by atoms with van der Waals surface area (Å²) < 4.78 is 41.3. The molecule has 0 bridgehead atoms. The number of hydrogen-bond acceptors (Lipinski definition) is 6. The van der Waals surface area contributed by atoms with Crippen molar-refractivity contribution in [3.8, 4) is 5.75 Å². The third kappa shape index (κ3) is 5.67. The normalized spacial score (nSPS) is 10.9. The van der Waals surface area contributed by atoms with E-state index in [-0.39, 0.29) is 22.0 Å². The fourth-order valence-electron chi connectivity index (χ4n) is 1.98. The van der Waals surface area contributed by atoms with Crippen molar-refractivity contribution in [3.05, 3.63) is 53.8 Å². The highest BCUT2D eigenvalue weighted by atomic mass is 32.2. The Morgan fingerprint density at radius 2 is 1.89 bits per heavy atom. The number of amides is 2. The molecule has 27 heavy (non-hydrogen) atoms. The SMILES string of the molecule is COc1ccc(S(N)(=O)=O)cc1C(=O)NNC(=O)CSc1ccccc1F. The van der Waals surface area contributed by atoms with Crippen LogP contribution in [0.5, 0.6) is 5.75 Å². The van der Waals surface area contributed by atoms with Gasteiger partial charge >= 0.3 is 0 Å². The van der Waals surface area contributed by atoms with E-state index in [9.17, 15) is 22.4 Å². The van der Waals surface area contributed by atoms with Gasteiger partial charge in [-0.1, -0.05) is 12.1 Å². The first-order valence-electron chi connectivity index (χ1n) is 7.39. The van der Waals surface area contributed by atoms with Crippen molar-refractivity contribution < 1.29 is 27.1 Å². The van der Waals surface area contributed by atoms with Crippen molar-refractivity contribution in [3.63, 3.8) is 0 Å². The van der Waals surface area contributed by atoms with Gasteiger partial charge in [0.1, 0.15) is 11.6 Å². The van der Waals surface area contributed by atoms with Crippen LogP contribution in [0.1, 0.15) is 10.4 Å². The Kier molecular flexibility index (Phi) is 6.77. The summed E-state index contributed by atoms with van der Waals surface area (Å²) in [6.45, 7) is 0. The Bertz CT molecular complexity index is 966. The average molecular weight is 413 g/mol. The second kappa shape index (κ2) is 8.84. The average Bonchev–Trinajstić information content (AvgIpc) is 2.64. The van der Waals surface area contributed by atoms with Crippen molar-refractivity contribution in [2.24, 2.45) is 5.14 Å². The Hall–Kier alpha value is -2.63. The number of carbonyl (C=O) groups excluding carboxylic acids is 2. The zero-order chi connectivity index (χ0) is 20.0. The van der Waals surface area contributed by atoms with E-state index in [4.69, 9.17) is 9.88 Å². The molecule has 11 heteroatoms. The largest absolute Gasteiger partial charge is 0.496 e. The highest BCUT2D eigenvalue weighted by Crippen LogP contribution is 2.22. The third-order valence-corrected chi connectivity index (χ3v) is 5.21. The summed E-state index contributed by atoms with van der Waals surface area (Å²) in [6, 6.07) is 9.45. The summed E-state index contributed by atoms with van der Waals surface area (Å²) in [5.74, 6) is -1.89. The van der Waals surface area contributed by atoms with Crippen LogP contribution < -0.4 is 20.7 Å². The molecule has 0 unspecified atom stereocenters. The van der Waals surface area contributed by atoms with Crippen LogP contribution in [-0.4, -0.2) is 33.1 Å². The molecule has 0 aliphatic rings. The van der Waals surface area contributed by atoms with Crippen LogP contribution in [0.25, 0.3) is 0 Å². The summed E-state index contributed by atoms with van der Waals surface area (Å²) in [5.41, 5.74) is 4.17. The molecular formula is C16H16FN3O5S2. The first-order valence-corrected chi connectivity index (χ1v) is 9.93. The number of thioether (sulfide) groups is 1. The molecule has 0 saturated heterocycles. The number of sulfonamides is 1. The van der Waals surface area contributed by atoms with Crippen LogP contribution in [-0.2, 0) is 14.8 Å². The second-order valence-corrected chi connectivity index (χ2v) is 7.71. The Morgan fingerprint density at radius 3 is 2.52 bits per heavy atom. The van der Waals surface area contributed by atoms with Crippen LogP contribution in [0.2, 0.25) is 0 Å². The fourth-order valence-corrected chi connectivity index (χ4v) is 3.26. The van der Waals surface area contributed by atoms with E-state index < -0.39 is 27.7 Å². The maximum Gasteiger partial charge on any atom is 0.273 e. The minimum Gasteiger partial charge on any atom is -0.496 e. The van der Waals surface area contributed by atoms with Crippen molar-refractivity contribution in [2.45, 2.75) is 9.79 Å². The Labute approximate surface area is 159 Å². The minimum atomic E-state index is -4.02. The standard InChI is InChI=1S/C16H16FN3O5S2/c1-25-13-7-6-10(27(18,23)24)8-11(13)16(22)20-19-15(21)9-26-14-5-3-2-4-12(14)17/h2-8H,9H2,1H3,(H,19,21)(H,20,22)(H2,18,23,24). The topological polar surface area (TPSA) is 128 Å². The Morgan fingerprint density at radius 1 is 1.19 bits per heavy atom. The molecule has 2 aromatic carbocycles. The number of ether oxygens (including phenoxy) is 1. The van der Waals surface area contributed by atoms with Crippen LogP contribution in [0.4, 0.5) is 4.39 Å². The summed E-state index contributed by atoms with van der Waals surface area (Å²) in [5, 5.41) is 5.04. The van der Waals surface area contributed by atoms with E-state index in [0.717, 1.165) is 17.8 Å². The molecule has 0 spiro atoms. The molecule has 0 saturated carbocycles. The number of halogens is 1. The number of hydrogen-bond donors (Lipinski definition) is 3. The molecule has 0 radical (unpaired) electrons. The molecule has 0 aromatic heterocycles. The fraction of sp³-hybridized carbons (Fsp3) is 0.125. The zero-order valence-electron chi connectivity index (χ0n) is 14.1. The van der Waals surface area contributed by atoms with E-state index in [2.05, 4.69) is 10.9 Å². The van der Waals surface area contributed by atoms with Crippen molar-refractivity contribution >= 4 is 33.6 Å². The molecule has 4 N–H and O–H groups in total. The summed E-state index contributed by atoms with van der Waals surface area (Å²) >= 11 is 0.957. The lowest BCUT2D eigenvalue weighted by molar-refractivity contribution is -0.119. The number of rotatable bonds is 6. The number of methoxy groups -OCH3 is 1. The zero-order valence-corrected chi connectivity index (χ0v) is 15.7. The van der Waals surface area contributed by atoms with Gasteiger partial charge in [-0.15, -0.1) is 11.8 Å². The molecule has 2 aromatic rings. The minimum absolute atomic E-state index is 0.0925. The molecule has 2 amide bonds. The van der Waals surface area contributed by atoms with Gasteiger partial charge in [-0.05, 0) is 30.3 Å². The lowest BCUT2D eigenvalue weighted by Crippen LogP contribution is -2.42. The van der Waals surface area contributed by atoms with Gasteiger partial charge in [-0.2, -0.15) is 0 Å². The van der Waals surface area contributed by atoms with E-state index in [1.54, 1.807) is 6.07 Å². The number of nitrogens with one attached hydrogen (secondary N) is 2. The van der Waals surface area contributed by atoms with Gasteiger partial charge < -0.3 is 4.74 Å². The van der Waals surface area contributed by atoms with Crippen LogP contribution in [0.3, 0.4) is 0 Å². The van der Waals surface area contributed by atoms with Gasteiger partial charge in [0.2, 0.25) is 15.9 Å². The summed E-state index contributed by atoms with van der Waals surface area (Å²) in [4.78, 5) is 24.1. The first-order chi connectivity index (χ1) is 12.7. The summed E-state index contributed by atoms with van der Waals surface area (Å²) in [6.07, 6.45) is 0. The smallest absolute Gasteiger partial charge is 0.273 e. The van der Waals surface area contributed by atoms with E-state index in [0.29, 0.717) is 4.90 Å². The van der Waals surface area contributed by atoms with Gasteiger partial charge in [0, 0.05) is 4.90 Å². The molecule has 2 rings (SSSR count). The monoisotopic (exact) mass is 413 g/mol. The molecule has 0 heterocycles. The Balaban J connectivity index is 2.00. The number of carbonyl (C=O) groups is 2. The number of hydrazine groups is 1. The van der Waals surface area contributed by atoms with Gasteiger partial charge in [0.25, 0.3) is 5.91 Å². The molecule has 0 aliphatic carbocycles. The van der Waals surface area contributed by atoms with Crippen LogP contribution in [0, 0.1) is 5.82 Å². The van der Waals surface area contributed by atoms with Gasteiger partial charge in [-0.25, -0.2) is 17.9 Å². The van der Waals surface area contributed by atoms with Crippen molar-refractivity contribution in [1.82, 2.24) is 10.9 Å². The highest BCUT2D eigenvalue weighted by Gasteiger charge is 2.18.